The van der Waals surface area contributed by atoms with Gasteiger partial charge in [0.25, 0.3) is 0 Å². The molecule has 3 aliphatic rings. The molecule has 3 aliphatic heterocycles. The Morgan fingerprint density at radius 2 is 1.90 bits per heavy atom. The lowest BCUT2D eigenvalue weighted by Gasteiger charge is -2.23. The molecule has 2 saturated heterocycles. The molecule has 1 N–H and O–H groups in total. The number of para-hydroxylation sites is 1. The Kier molecular flexibility index (Phi) is 4.29. The summed E-state index contributed by atoms with van der Waals surface area (Å²) in [6.45, 7) is 0.410. The van der Waals surface area contributed by atoms with Crippen molar-refractivity contribution in [3.05, 3.63) is 60.7 Å². The van der Waals surface area contributed by atoms with Gasteiger partial charge in [0, 0.05) is 17.4 Å². The number of nitrogens with zero attached hydrogens (tertiary/aromatic N) is 1. The maximum absolute atomic E-state index is 13.3. The number of hydrogen-bond donors (Lipinski definition) is 1. The first-order valence-electron chi connectivity index (χ1n) is 9.83. The second kappa shape index (κ2) is 6.88. The second-order valence-corrected chi connectivity index (χ2v) is 7.72. The number of hydrogen-bond acceptors (Lipinski definition) is 5. The number of amides is 2. The fourth-order valence-corrected chi connectivity index (χ4v) is 4.76. The zero-order valence-electron chi connectivity index (χ0n) is 16.7. The van der Waals surface area contributed by atoms with E-state index in [1.165, 1.54) is 7.11 Å². The van der Waals surface area contributed by atoms with E-state index in [9.17, 15) is 9.59 Å². The average Bonchev–Trinajstić information content (AvgIpc) is 3.42. The van der Waals surface area contributed by atoms with Gasteiger partial charge in [-0.05, 0) is 24.3 Å². The van der Waals surface area contributed by atoms with Crippen molar-refractivity contribution in [3.8, 4) is 11.5 Å². The molecule has 0 aromatic heterocycles. The topological polar surface area (TPSA) is 77.1 Å². The minimum absolute atomic E-state index is 0.0829. The molecule has 3 heterocycles. The highest BCUT2D eigenvalue weighted by molar-refractivity contribution is 6.05. The lowest BCUT2D eigenvalue weighted by Crippen LogP contribution is -2.41. The van der Waals surface area contributed by atoms with Crippen molar-refractivity contribution in [1.29, 1.82) is 0 Å². The molecule has 154 valence electrons. The van der Waals surface area contributed by atoms with Gasteiger partial charge in [-0.2, -0.15) is 0 Å². The Balaban J connectivity index is 1.41. The zero-order valence-corrected chi connectivity index (χ0v) is 16.7. The summed E-state index contributed by atoms with van der Waals surface area (Å²) in [5, 5.41) is 2.92. The lowest BCUT2D eigenvalue weighted by molar-refractivity contribution is -0.128. The van der Waals surface area contributed by atoms with E-state index in [0.717, 1.165) is 5.69 Å². The van der Waals surface area contributed by atoms with Crippen LogP contribution >= 0.6 is 0 Å². The van der Waals surface area contributed by atoms with E-state index in [1.807, 2.05) is 42.5 Å². The number of fused-ring (bicyclic) bond motifs is 1. The van der Waals surface area contributed by atoms with Crippen molar-refractivity contribution in [2.75, 3.05) is 31.0 Å². The SMILES string of the molecule is COc1ccc(NC(=O)[C@H]2[C@@H]3C=C[C@@]4(CN(c5ccccc5)C(=O)[C@H]24)O3)cc1OC. The number of carbonyl (C=O) groups is 2. The summed E-state index contributed by atoms with van der Waals surface area (Å²) in [6, 6.07) is 14.6. The van der Waals surface area contributed by atoms with E-state index >= 15 is 0 Å². The summed E-state index contributed by atoms with van der Waals surface area (Å²) in [5.41, 5.74) is 0.631. The van der Waals surface area contributed by atoms with E-state index in [2.05, 4.69) is 5.32 Å². The van der Waals surface area contributed by atoms with Gasteiger partial charge in [0.15, 0.2) is 11.5 Å². The molecule has 4 atom stereocenters. The van der Waals surface area contributed by atoms with Crippen LogP contribution in [0.5, 0.6) is 11.5 Å². The van der Waals surface area contributed by atoms with Crippen LogP contribution in [0.1, 0.15) is 0 Å². The minimum Gasteiger partial charge on any atom is -0.493 e. The van der Waals surface area contributed by atoms with Crippen molar-refractivity contribution in [2.24, 2.45) is 11.8 Å². The van der Waals surface area contributed by atoms with Gasteiger partial charge in [0.1, 0.15) is 5.60 Å². The van der Waals surface area contributed by atoms with Crippen LogP contribution in [0.4, 0.5) is 11.4 Å². The molecule has 7 nitrogen and oxygen atoms in total. The molecule has 2 aromatic carbocycles. The first kappa shape index (κ1) is 18.7. The number of nitrogens with one attached hydrogen (secondary N) is 1. The number of carbonyl (C=O) groups excluding carboxylic acids is 2. The van der Waals surface area contributed by atoms with Crippen LogP contribution in [-0.4, -0.2) is 44.3 Å². The highest BCUT2D eigenvalue weighted by atomic mass is 16.5. The zero-order chi connectivity index (χ0) is 20.9. The molecule has 2 amide bonds. The highest BCUT2D eigenvalue weighted by Gasteiger charge is 2.67. The van der Waals surface area contributed by atoms with Gasteiger partial charge in [-0.3, -0.25) is 9.59 Å². The van der Waals surface area contributed by atoms with Crippen molar-refractivity contribution >= 4 is 23.2 Å². The molecule has 0 aliphatic carbocycles. The van der Waals surface area contributed by atoms with Gasteiger partial charge >= 0.3 is 0 Å². The molecular formula is C23H22N2O5. The summed E-state index contributed by atoms with van der Waals surface area (Å²) in [5.74, 6) is -0.377. The maximum Gasteiger partial charge on any atom is 0.234 e. The number of benzene rings is 2. The van der Waals surface area contributed by atoms with Crippen LogP contribution in [0.15, 0.2) is 60.7 Å². The van der Waals surface area contributed by atoms with E-state index in [4.69, 9.17) is 14.2 Å². The van der Waals surface area contributed by atoms with Crippen molar-refractivity contribution in [1.82, 2.24) is 0 Å². The van der Waals surface area contributed by atoms with Crippen LogP contribution in [0, 0.1) is 11.8 Å². The Bertz CT molecular complexity index is 1040. The second-order valence-electron chi connectivity index (χ2n) is 7.72. The van der Waals surface area contributed by atoms with Gasteiger partial charge in [-0.25, -0.2) is 0 Å². The summed E-state index contributed by atoms with van der Waals surface area (Å²) < 4.78 is 16.7. The number of rotatable bonds is 5. The van der Waals surface area contributed by atoms with Gasteiger partial charge < -0.3 is 24.4 Å². The molecule has 30 heavy (non-hydrogen) atoms. The van der Waals surface area contributed by atoms with Gasteiger partial charge in [0.2, 0.25) is 11.8 Å². The Labute approximate surface area is 174 Å². The smallest absolute Gasteiger partial charge is 0.234 e. The predicted molar refractivity (Wildman–Crippen MR) is 111 cm³/mol. The molecule has 2 bridgehead atoms. The van der Waals surface area contributed by atoms with Crippen LogP contribution in [-0.2, 0) is 14.3 Å². The van der Waals surface area contributed by atoms with Crippen LogP contribution in [0.3, 0.4) is 0 Å². The molecule has 1 spiro atoms. The fraction of sp³-hybridized carbons (Fsp3) is 0.304. The third-order valence-corrected chi connectivity index (χ3v) is 6.12. The first-order valence-corrected chi connectivity index (χ1v) is 9.83. The summed E-state index contributed by atoms with van der Waals surface area (Å²) in [7, 11) is 3.09. The van der Waals surface area contributed by atoms with Crippen molar-refractivity contribution < 1.29 is 23.8 Å². The average molecular weight is 406 g/mol. The third kappa shape index (κ3) is 2.69. The number of methoxy groups -OCH3 is 2. The molecule has 0 saturated carbocycles. The minimum atomic E-state index is -0.753. The Morgan fingerprint density at radius 3 is 2.63 bits per heavy atom. The molecular weight excluding hydrogens is 384 g/mol. The molecule has 0 unspecified atom stereocenters. The molecule has 2 aromatic rings. The van der Waals surface area contributed by atoms with E-state index in [-0.39, 0.29) is 11.8 Å². The van der Waals surface area contributed by atoms with Crippen LogP contribution in [0.25, 0.3) is 0 Å². The maximum atomic E-state index is 13.3. The Hall–Kier alpha value is -3.32. The van der Waals surface area contributed by atoms with Crippen LogP contribution < -0.4 is 19.7 Å². The summed E-state index contributed by atoms with van der Waals surface area (Å²) in [4.78, 5) is 28.3. The number of anilines is 2. The molecule has 5 rings (SSSR count). The van der Waals surface area contributed by atoms with Crippen molar-refractivity contribution in [3.63, 3.8) is 0 Å². The van der Waals surface area contributed by atoms with Gasteiger partial charge in [-0.15, -0.1) is 0 Å². The number of ether oxygens (including phenoxy) is 3. The first-order chi connectivity index (χ1) is 14.6. The van der Waals surface area contributed by atoms with Gasteiger partial charge in [0.05, 0.1) is 38.7 Å². The van der Waals surface area contributed by atoms with E-state index < -0.39 is 23.5 Å². The normalized spacial score (nSPS) is 28.5. The highest BCUT2D eigenvalue weighted by Crippen LogP contribution is 2.52. The third-order valence-electron chi connectivity index (χ3n) is 6.12. The molecule has 2 fully saturated rings. The van der Waals surface area contributed by atoms with E-state index in [1.54, 1.807) is 30.2 Å². The van der Waals surface area contributed by atoms with Gasteiger partial charge in [-0.1, -0.05) is 30.4 Å². The largest absolute Gasteiger partial charge is 0.493 e. The predicted octanol–water partition coefficient (Wildman–Crippen LogP) is 2.63. The fourth-order valence-electron chi connectivity index (χ4n) is 4.76. The van der Waals surface area contributed by atoms with Crippen molar-refractivity contribution in [2.45, 2.75) is 11.7 Å². The molecule has 7 heteroatoms. The quantitative estimate of drug-likeness (QED) is 0.773. The summed E-state index contributed by atoms with van der Waals surface area (Å²) in [6.07, 6.45) is 3.44. The standard InChI is InChI=1S/C23H22N2O5/c1-28-16-9-8-14(12-18(16)29-2)24-21(26)19-17-10-11-23(30-17)13-25(22(27)20(19)23)15-6-4-3-5-7-15/h3-12,17,19-20H,13H2,1-2H3,(H,24,26)/t17-,19-,20-,23-/m0/s1. The monoisotopic (exact) mass is 406 g/mol. The summed E-state index contributed by atoms with van der Waals surface area (Å²) >= 11 is 0. The van der Waals surface area contributed by atoms with E-state index in [0.29, 0.717) is 23.7 Å². The lowest BCUT2D eigenvalue weighted by atomic mass is 9.77. The van der Waals surface area contributed by atoms with Crippen LogP contribution in [0.2, 0.25) is 0 Å². The Morgan fingerprint density at radius 1 is 1.13 bits per heavy atom. The molecule has 0 radical (unpaired) electrons.